The van der Waals surface area contributed by atoms with Gasteiger partial charge >= 0.3 is 0 Å². The predicted molar refractivity (Wildman–Crippen MR) is 43.0 cm³/mol. The van der Waals surface area contributed by atoms with Crippen molar-refractivity contribution in [3.05, 3.63) is 34.6 Å². The molecule has 0 unspecified atom stereocenters. The number of hydrogen-bond donors (Lipinski definition) is 1. The van der Waals surface area contributed by atoms with Crippen molar-refractivity contribution in [2.45, 2.75) is 5.75 Å². The van der Waals surface area contributed by atoms with E-state index in [1.165, 1.54) is 0 Å². The Labute approximate surface area is 86.7 Å². The molecule has 1 aromatic carbocycles. The summed E-state index contributed by atoms with van der Waals surface area (Å²) < 4.78 is 84.5. The van der Waals surface area contributed by atoms with Crippen LogP contribution >= 0.6 is 0 Å². The van der Waals surface area contributed by atoms with Crippen molar-refractivity contribution in [2.24, 2.45) is 5.14 Å². The maximum atomic E-state index is 12.9. The minimum atomic E-state index is -4.40. The third-order valence-corrected chi connectivity index (χ3v) is 2.34. The van der Waals surface area contributed by atoms with E-state index in [1.54, 1.807) is 0 Å². The molecule has 0 spiro atoms. The molecule has 0 amide bonds. The average molecular weight is 261 g/mol. The summed E-state index contributed by atoms with van der Waals surface area (Å²) in [5.41, 5.74) is -1.47. The lowest BCUT2D eigenvalue weighted by Gasteiger charge is -2.06. The lowest BCUT2D eigenvalue weighted by molar-refractivity contribution is 0.372. The SMILES string of the molecule is NS(=O)(=O)Cc1c(F)c(F)c(F)c(F)c1F. The minimum absolute atomic E-state index is 1.47. The summed E-state index contributed by atoms with van der Waals surface area (Å²) in [6.45, 7) is 0. The lowest BCUT2D eigenvalue weighted by atomic mass is 10.2. The van der Waals surface area contributed by atoms with Gasteiger partial charge in [-0.2, -0.15) is 0 Å². The van der Waals surface area contributed by atoms with Crippen LogP contribution in [0.3, 0.4) is 0 Å². The van der Waals surface area contributed by atoms with E-state index in [-0.39, 0.29) is 0 Å². The number of halogens is 5. The van der Waals surface area contributed by atoms with Gasteiger partial charge in [0.2, 0.25) is 15.8 Å². The van der Waals surface area contributed by atoms with Crippen LogP contribution in [0.4, 0.5) is 22.0 Å². The summed E-state index contributed by atoms with van der Waals surface area (Å²) in [4.78, 5) is 0. The Kier molecular flexibility index (Phi) is 3.20. The largest absolute Gasteiger partial charge is 0.228 e. The second kappa shape index (κ2) is 3.98. The van der Waals surface area contributed by atoms with E-state index in [4.69, 9.17) is 0 Å². The van der Waals surface area contributed by atoms with E-state index in [1.807, 2.05) is 0 Å². The molecule has 9 heteroatoms. The average Bonchev–Trinajstić information content (AvgIpc) is 2.17. The molecule has 2 N–H and O–H groups in total. The summed E-state index contributed by atoms with van der Waals surface area (Å²) in [5.74, 6) is -12.7. The fraction of sp³-hybridized carbons (Fsp3) is 0.143. The number of sulfonamides is 1. The zero-order valence-corrected chi connectivity index (χ0v) is 8.22. The molecule has 0 radical (unpaired) electrons. The number of benzene rings is 1. The third kappa shape index (κ3) is 2.30. The molecule has 0 bridgehead atoms. The Morgan fingerprint density at radius 2 is 1.12 bits per heavy atom. The number of nitrogens with two attached hydrogens (primary N) is 1. The zero-order chi connectivity index (χ0) is 12.7. The molecule has 0 saturated carbocycles. The van der Waals surface area contributed by atoms with Crippen molar-refractivity contribution in [2.75, 3.05) is 0 Å². The fourth-order valence-corrected chi connectivity index (χ4v) is 1.63. The van der Waals surface area contributed by atoms with E-state index in [2.05, 4.69) is 5.14 Å². The number of primary sulfonamides is 1. The molecule has 0 aromatic heterocycles. The molecule has 0 aliphatic rings. The van der Waals surface area contributed by atoms with Crippen molar-refractivity contribution in [3.8, 4) is 0 Å². The Hall–Kier alpha value is -1.22. The smallest absolute Gasteiger partial charge is 0.213 e. The lowest BCUT2D eigenvalue weighted by Crippen LogP contribution is -2.18. The minimum Gasteiger partial charge on any atom is -0.228 e. The van der Waals surface area contributed by atoms with Crippen molar-refractivity contribution in [1.29, 1.82) is 0 Å². The predicted octanol–water partition coefficient (Wildman–Crippen LogP) is 1.17. The highest BCUT2D eigenvalue weighted by Gasteiger charge is 2.27. The summed E-state index contributed by atoms with van der Waals surface area (Å²) >= 11 is 0. The van der Waals surface area contributed by atoms with E-state index >= 15 is 0 Å². The molecule has 1 rings (SSSR count). The molecule has 0 aliphatic heterocycles. The summed E-state index contributed by atoms with van der Waals surface area (Å²) in [6.07, 6.45) is 0. The normalized spacial score (nSPS) is 11.9. The maximum absolute atomic E-state index is 12.9. The highest BCUT2D eigenvalue weighted by molar-refractivity contribution is 7.88. The van der Waals surface area contributed by atoms with E-state index in [9.17, 15) is 30.4 Å². The molecule has 0 saturated heterocycles. The Morgan fingerprint density at radius 3 is 1.44 bits per heavy atom. The molecule has 16 heavy (non-hydrogen) atoms. The molecule has 90 valence electrons. The van der Waals surface area contributed by atoms with E-state index in [0.29, 0.717) is 0 Å². The van der Waals surface area contributed by atoms with Gasteiger partial charge in [0.15, 0.2) is 23.3 Å². The number of rotatable bonds is 2. The van der Waals surface area contributed by atoms with Crippen molar-refractivity contribution < 1.29 is 30.4 Å². The highest BCUT2D eigenvalue weighted by atomic mass is 32.2. The molecule has 1 aromatic rings. The van der Waals surface area contributed by atoms with Crippen LogP contribution in [-0.2, 0) is 15.8 Å². The van der Waals surface area contributed by atoms with E-state index in [0.717, 1.165) is 0 Å². The Morgan fingerprint density at radius 1 is 0.812 bits per heavy atom. The van der Waals surface area contributed by atoms with Crippen molar-refractivity contribution in [3.63, 3.8) is 0 Å². The van der Waals surface area contributed by atoms with Gasteiger partial charge in [-0.05, 0) is 0 Å². The molecular formula is C7H4F5NO2S. The quantitative estimate of drug-likeness (QED) is 0.493. The molecule has 0 aliphatic carbocycles. The van der Waals surface area contributed by atoms with Gasteiger partial charge in [0, 0.05) is 5.56 Å². The van der Waals surface area contributed by atoms with Gasteiger partial charge in [-0.15, -0.1) is 0 Å². The van der Waals surface area contributed by atoms with Crippen LogP contribution in [-0.4, -0.2) is 8.42 Å². The second-order valence-electron chi connectivity index (χ2n) is 2.86. The molecule has 0 fully saturated rings. The van der Waals surface area contributed by atoms with Crippen LogP contribution in [0.5, 0.6) is 0 Å². The Balaban J connectivity index is 3.52. The summed E-state index contributed by atoms with van der Waals surface area (Å²) in [6, 6.07) is 0. The van der Waals surface area contributed by atoms with Crippen LogP contribution in [0, 0.1) is 29.1 Å². The van der Waals surface area contributed by atoms with E-state index < -0.39 is 50.4 Å². The van der Waals surface area contributed by atoms with Crippen molar-refractivity contribution >= 4 is 10.0 Å². The van der Waals surface area contributed by atoms with Gasteiger partial charge in [-0.1, -0.05) is 0 Å². The zero-order valence-electron chi connectivity index (χ0n) is 7.40. The molecule has 3 nitrogen and oxygen atoms in total. The van der Waals surface area contributed by atoms with Gasteiger partial charge in [0.05, 0.1) is 5.75 Å². The summed E-state index contributed by atoms with van der Waals surface area (Å²) in [5, 5.41) is 4.44. The third-order valence-electron chi connectivity index (χ3n) is 1.65. The topological polar surface area (TPSA) is 60.2 Å². The van der Waals surface area contributed by atoms with Crippen LogP contribution < -0.4 is 5.14 Å². The van der Waals surface area contributed by atoms with Gasteiger partial charge in [-0.25, -0.2) is 35.5 Å². The first-order valence-corrected chi connectivity index (χ1v) is 5.37. The van der Waals surface area contributed by atoms with Crippen LogP contribution in [0.1, 0.15) is 5.56 Å². The highest BCUT2D eigenvalue weighted by Crippen LogP contribution is 2.23. The van der Waals surface area contributed by atoms with Gasteiger partial charge in [-0.3, -0.25) is 0 Å². The first-order valence-electron chi connectivity index (χ1n) is 3.66. The first-order chi connectivity index (χ1) is 7.15. The van der Waals surface area contributed by atoms with Gasteiger partial charge < -0.3 is 0 Å². The summed E-state index contributed by atoms with van der Waals surface area (Å²) in [7, 11) is -4.40. The number of hydrogen-bond acceptors (Lipinski definition) is 2. The fourth-order valence-electron chi connectivity index (χ4n) is 0.978. The second-order valence-corrected chi connectivity index (χ2v) is 4.47. The van der Waals surface area contributed by atoms with Crippen LogP contribution in [0.15, 0.2) is 0 Å². The van der Waals surface area contributed by atoms with Gasteiger partial charge in [0.25, 0.3) is 0 Å². The van der Waals surface area contributed by atoms with Crippen LogP contribution in [0.25, 0.3) is 0 Å². The molecule has 0 atom stereocenters. The monoisotopic (exact) mass is 261 g/mol. The standard InChI is InChI=1S/C7H4F5NO2S/c8-3-2(1-16(13,14)15)4(9)6(11)7(12)5(3)10/h1H2,(H2,13,14,15). The molecule has 0 heterocycles. The Bertz CT molecular complexity index is 513. The van der Waals surface area contributed by atoms with Crippen LogP contribution in [0.2, 0.25) is 0 Å². The van der Waals surface area contributed by atoms with Crippen molar-refractivity contribution in [1.82, 2.24) is 0 Å². The maximum Gasteiger partial charge on any atom is 0.213 e. The first kappa shape index (κ1) is 12.8. The molecular weight excluding hydrogens is 257 g/mol. The van der Waals surface area contributed by atoms with Gasteiger partial charge in [0.1, 0.15) is 0 Å².